The molecule has 1 N–H and O–H groups in total. The zero-order valence-electron chi connectivity index (χ0n) is 15.7. The molecular weight excluding hydrogens is 346 g/mol. The number of nitrogens with one attached hydrogen (secondary N) is 1. The maximum absolute atomic E-state index is 12.7. The average molecular weight is 367 g/mol. The summed E-state index contributed by atoms with van der Waals surface area (Å²) in [5.74, 6) is 1.14. The molecule has 140 valence electrons. The van der Waals surface area contributed by atoms with Crippen molar-refractivity contribution < 1.29 is 18.5 Å². The third kappa shape index (κ3) is 3.76. The van der Waals surface area contributed by atoms with Crippen LogP contribution in [0, 0.1) is 13.8 Å². The van der Waals surface area contributed by atoms with Gasteiger partial charge in [0, 0.05) is 30.8 Å². The van der Waals surface area contributed by atoms with Gasteiger partial charge in [-0.2, -0.15) is 0 Å². The summed E-state index contributed by atoms with van der Waals surface area (Å²) in [4.78, 5) is 25.9. The van der Waals surface area contributed by atoms with E-state index in [2.05, 4.69) is 10.5 Å². The fourth-order valence-corrected chi connectivity index (χ4v) is 2.77. The molecule has 0 unspecified atom stereocenters. The molecule has 7 nitrogen and oxygen atoms in total. The van der Waals surface area contributed by atoms with Gasteiger partial charge < -0.3 is 19.2 Å². The normalized spacial score (nSPS) is 10.7. The lowest BCUT2D eigenvalue weighted by atomic mass is 10.1. The SMILES string of the molecule is CNC(=O)c1ccc(-c2ccc(C(=O)N(C)Cc3c(C)noc3C)cc2)o1. The molecule has 0 aliphatic heterocycles. The number of carbonyl (C=O) groups excluding carboxylic acids is 2. The third-order valence-corrected chi connectivity index (χ3v) is 4.40. The minimum atomic E-state index is -0.283. The van der Waals surface area contributed by atoms with Gasteiger partial charge in [-0.25, -0.2) is 0 Å². The summed E-state index contributed by atoms with van der Waals surface area (Å²) in [6, 6.07) is 10.4. The van der Waals surface area contributed by atoms with Crippen molar-refractivity contribution in [2.24, 2.45) is 0 Å². The molecule has 0 aliphatic rings. The summed E-state index contributed by atoms with van der Waals surface area (Å²) < 4.78 is 10.7. The summed E-state index contributed by atoms with van der Waals surface area (Å²) in [7, 11) is 3.29. The zero-order chi connectivity index (χ0) is 19.6. The second-order valence-electron chi connectivity index (χ2n) is 6.28. The topological polar surface area (TPSA) is 88.6 Å². The first-order chi connectivity index (χ1) is 12.9. The molecule has 0 bridgehead atoms. The lowest BCUT2D eigenvalue weighted by Gasteiger charge is -2.17. The fraction of sp³-hybridized carbons (Fsp3) is 0.250. The molecule has 0 spiro atoms. The zero-order valence-corrected chi connectivity index (χ0v) is 15.7. The van der Waals surface area contributed by atoms with Crippen molar-refractivity contribution in [2.45, 2.75) is 20.4 Å². The molecule has 0 aliphatic carbocycles. The summed E-state index contributed by atoms with van der Waals surface area (Å²) in [5.41, 5.74) is 3.05. The van der Waals surface area contributed by atoms with Crippen molar-refractivity contribution in [3.05, 3.63) is 64.7 Å². The van der Waals surface area contributed by atoms with Crippen LogP contribution in [-0.4, -0.2) is 36.0 Å². The molecule has 0 radical (unpaired) electrons. The van der Waals surface area contributed by atoms with E-state index in [1.807, 2.05) is 13.8 Å². The van der Waals surface area contributed by atoms with Crippen LogP contribution in [0.4, 0.5) is 0 Å². The number of hydrogen-bond acceptors (Lipinski definition) is 5. The van der Waals surface area contributed by atoms with Gasteiger partial charge in [-0.15, -0.1) is 0 Å². The third-order valence-electron chi connectivity index (χ3n) is 4.40. The van der Waals surface area contributed by atoms with E-state index in [-0.39, 0.29) is 17.6 Å². The Balaban J connectivity index is 1.73. The van der Waals surface area contributed by atoms with Gasteiger partial charge in [-0.05, 0) is 38.1 Å². The first-order valence-corrected chi connectivity index (χ1v) is 8.50. The Kier molecular flexibility index (Phi) is 5.12. The molecule has 2 aromatic heterocycles. The van der Waals surface area contributed by atoms with Gasteiger partial charge >= 0.3 is 0 Å². The van der Waals surface area contributed by atoms with E-state index in [4.69, 9.17) is 8.94 Å². The van der Waals surface area contributed by atoms with Gasteiger partial charge in [0.25, 0.3) is 11.8 Å². The Labute approximate surface area is 156 Å². The molecule has 27 heavy (non-hydrogen) atoms. The number of nitrogens with zero attached hydrogens (tertiary/aromatic N) is 2. The second kappa shape index (κ2) is 7.49. The Morgan fingerprint density at radius 2 is 1.81 bits per heavy atom. The van der Waals surface area contributed by atoms with Gasteiger partial charge in [0.1, 0.15) is 11.5 Å². The Morgan fingerprint density at radius 3 is 2.41 bits per heavy atom. The number of furan rings is 1. The number of rotatable bonds is 5. The maximum Gasteiger partial charge on any atom is 0.286 e. The molecule has 0 atom stereocenters. The predicted molar refractivity (Wildman–Crippen MR) is 99.3 cm³/mol. The van der Waals surface area contributed by atoms with Crippen LogP contribution in [0.25, 0.3) is 11.3 Å². The van der Waals surface area contributed by atoms with Gasteiger partial charge in [-0.3, -0.25) is 9.59 Å². The first-order valence-electron chi connectivity index (χ1n) is 8.50. The minimum absolute atomic E-state index is 0.105. The second-order valence-corrected chi connectivity index (χ2v) is 6.28. The molecular formula is C20H21N3O4. The number of benzene rings is 1. The van der Waals surface area contributed by atoms with E-state index in [0.717, 1.165) is 16.8 Å². The molecule has 0 saturated heterocycles. The molecule has 3 aromatic rings. The smallest absolute Gasteiger partial charge is 0.286 e. The quantitative estimate of drug-likeness (QED) is 0.748. The summed E-state index contributed by atoms with van der Waals surface area (Å²) in [6.45, 7) is 4.11. The summed E-state index contributed by atoms with van der Waals surface area (Å²) in [6.07, 6.45) is 0. The highest BCUT2D eigenvalue weighted by molar-refractivity contribution is 5.94. The van der Waals surface area contributed by atoms with E-state index in [0.29, 0.717) is 23.6 Å². The van der Waals surface area contributed by atoms with E-state index in [1.54, 1.807) is 55.4 Å². The lowest BCUT2D eigenvalue weighted by Crippen LogP contribution is -2.26. The van der Waals surface area contributed by atoms with Crippen molar-refractivity contribution in [2.75, 3.05) is 14.1 Å². The van der Waals surface area contributed by atoms with Crippen LogP contribution in [0.1, 0.15) is 37.9 Å². The van der Waals surface area contributed by atoms with Gasteiger partial charge in [0.15, 0.2) is 5.76 Å². The molecule has 2 amide bonds. The highest BCUT2D eigenvalue weighted by atomic mass is 16.5. The summed E-state index contributed by atoms with van der Waals surface area (Å²) in [5, 5.41) is 6.43. The van der Waals surface area contributed by atoms with Gasteiger partial charge in [0.05, 0.1) is 12.2 Å². The predicted octanol–water partition coefficient (Wildman–Crippen LogP) is 3.18. The highest BCUT2D eigenvalue weighted by Crippen LogP contribution is 2.23. The van der Waals surface area contributed by atoms with E-state index >= 15 is 0 Å². The summed E-state index contributed by atoms with van der Waals surface area (Å²) >= 11 is 0. The first kappa shape index (κ1) is 18.4. The molecule has 1 aromatic carbocycles. The monoisotopic (exact) mass is 367 g/mol. The molecule has 2 heterocycles. The lowest BCUT2D eigenvalue weighted by molar-refractivity contribution is 0.0784. The van der Waals surface area contributed by atoms with Gasteiger partial charge in [-0.1, -0.05) is 17.3 Å². The Bertz CT molecular complexity index is 950. The number of aromatic nitrogens is 1. The Hall–Kier alpha value is -3.35. The number of aryl methyl sites for hydroxylation is 2. The van der Waals surface area contributed by atoms with Crippen LogP contribution in [0.15, 0.2) is 45.3 Å². The van der Waals surface area contributed by atoms with E-state index in [9.17, 15) is 9.59 Å². The Morgan fingerprint density at radius 1 is 1.11 bits per heavy atom. The van der Waals surface area contributed by atoms with Crippen LogP contribution in [0.3, 0.4) is 0 Å². The highest BCUT2D eigenvalue weighted by Gasteiger charge is 2.17. The van der Waals surface area contributed by atoms with E-state index < -0.39 is 0 Å². The van der Waals surface area contributed by atoms with Crippen LogP contribution in [0.2, 0.25) is 0 Å². The van der Waals surface area contributed by atoms with Crippen molar-refractivity contribution in [1.82, 2.24) is 15.4 Å². The molecule has 0 fully saturated rings. The van der Waals surface area contributed by atoms with Crippen molar-refractivity contribution in [1.29, 1.82) is 0 Å². The van der Waals surface area contributed by atoms with Crippen molar-refractivity contribution in [3.8, 4) is 11.3 Å². The number of carbonyl (C=O) groups is 2. The average Bonchev–Trinajstić information content (AvgIpc) is 3.29. The molecule has 3 rings (SSSR count). The fourth-order valence-electron chi connectivity index (χ4n) is 2.77. The van der Waals surface area contributed by atoms with Crippen molar-refractivity contribution in [3.63, 3.8) is 0 Å². The minimum Gasteiger partial charge on any atom is -0.451 e. The van der Waals surface area contributed by atoms with Crippen molar-refractivity contribution >= 4 is 11.8 Å². The molecule has 7 heteroatoms. The van der Waals surface area contributed by atoms with Gasteiger partial charge in [0.2, 0.25) is 0 Å². The number of amides is 2. The van der Waals surface area contributed by atoms with Crippen LogP contribution in [-0.2, 0) is 6.54 Å². The van der Waals surface area contributed by atoms with E-state index in [1.165, 1.54) is 0 Å². The largest absolute Gasteiger partial charge is 0.451 e. The van der Waals surface area contributed by atoms with Crippen LogP contribution >= 0.6 is 0 Å². The van der Waals surface area contributed by atoms with Crippen LogP contribution < -0.4 is 5.32 Å². The number of hydrogen-bond donors (Lipinski definition) is 1. The van der Waals surface area contributed by atoms with Crippen LogP contribution in [0.5, 0.6) is 0 Å². The maximum atomic E-state index is 12.7. The standard InChI is InChI=1S/C20H21N3O4/c1-12-16(13(2)27-22-12)11-23(4)20(25)15-7-5-14(6-8-15)17-9-10-18(26-17)19(24)21-3/h5-10H,11H2,1-4H3,(H,21,24). The molecule has 0 saturated carbocycles.